The van der Waals surface area contributed by atoms with Crippen LogP contribution in [0.25, 0.3) is 10.9 Å². The van der Waals surface area contributed by atoms with Gasteiger partial charge in [-0.1, -0.05) is 18.2 Å². The van der Waals surface area contributed by atoms with Gasteiger partial charge < -0.3 is 19.9 Å². The van der Waals surface area contributed by atoms with Gasteiger partial charge in [-0.2, -0.15) is 0 Å². The Morgan fingerprint density at radius 3 is 2.89 bits per heavy atom. The Labute approximate surface area is 168 Å². The lowest BCUT2D eigenvalue weighted by molar-refractivity contribution is 0.202. The van der Waals surface area contributed by atoms with Gasteiger partial charge in [0.25, 0.3) is 5.56 Å². The van der Waals surface area contributed by atoms with Crippen molar-refractivity contribution < 1.29 is 4.74 Å². The van der Waals surface area contributed by atoms with Crippen LogP contribution in [0.2, 0.25) is 0 Å². The molecular weight excluding hydrogens is 378 g/mol. The first-order chi connectivity index (χ1) is 13.1. The lowest BCUT2D eigenvalue weighted by Gasteiger charge is -2.25. The highest BCUT2D eigenvalue weighted by Gasteiger charge is 2.14. The molecule has 2 heterocycles. The zero-order valence-corrected chi connectivity index (χ0v) is 17.1. The number of aromatic amines is 1. The van der Waals surface area contributed by atoms with Gasteiger partial charge in [-0.25, -0.2) is 0 Å². The Hall–Kier alpha value is -2.22. The number of aromatic nitrogens is 1. The maximum Gasteiger partial charge on any atom is 0.253 e. The van der Waals surface area contributed by atoms with Crippen LogP contribution in [0.1, 0.15) is 16.0 Å². The van der Waals surface area contributed by atoms with Crippen molar-refractivity contribution in [2.45, 2.75) is 20.0 Å². The molecule has 0 amide bonds. The normalized spacial score (nSPS) is 10.9. The fraction of sp³-hybridized carbons (Fsp3) is 0.300. The molecule has 0 unspecified atom stereocenters. The molecule has 142 valence electrons. The molecule has 2 N–H and O–H groups in total. The molecular formula is C20H23N3O2S2. The van der Waals surface area contributed by atoms with E-state index in [2.05, 4.69) is 16.4 Å². The summed E-state index contributed by atoms with van der Waals surface area (Å²) in [5.74, 6) is 0. The van der Waals surface area contributed by atoms with Crippen molar-refractivity contribution in [1.29, 1.82) is 0 Å². The second-order valence-electron chi connectivity index (χ2n) is 6.37. The first-order valence-corrected chi connectivity index (χ1v) is 10.0. The van der Waals surface area contributed by atoms with E-state index in [9.17, 15) is 4.79 Å². The highest BCUT2D eigenvalue weighted by molar-refractivity contribution is 7.80. The summed E-state index contributed by atoms with van der Waals surface area (Å²) in [6.07, 6.45) is 0. The number of rotatable bonds is 7. The molecule has 7 heteroatoms. The van der Waals surface area contributed by atoms with Crippen molar-refractivity contribution >= 4 is 39.6 Å². The quantitative estimate of drug-likeness (QED) is 0.469. The molecule has 0 radical (unpaired) electrons. The van der Waals surface area contributed by atoms with Crippen LogP contribution in [0.4, 0.5) is 0 Å². The molecule has 2 aromatic heterocycles. The SMILES string of the molecule is COCCNC(=S)N(Cc1cccs1)Cc1cc2ccc(C)cc2[nH]c1=O. The van der Waals surface area contributed by atoms with Crippen LogP contribution in [-0.4, -0.2) is 35.3 Å². The number of thiocarbonyl (C=S) groups is 1. The fourth-order valence-corrected chi connectivity index (χ4v) is 3.80. The molecule has 0 bridgehead atoms. The van der Waals surface area contributed by atoms with E-state index in [-0.39, 0.29) is 5.56 Å². The Morgan fingerprint density at radius 2 is 2.15 bits per heavy atom. The number of H-pyrrole nitrogens is 1. The van der Waals surface area contributed by atoms with E-state index in [1.54, 1.807) is 18.4 Å². The average molecular weight is 402 g/mol. The predicted molar refractivity (Wildman–Crippen MR) is 115 cm³/mol. The summed E-state index contributed by atoms with van der Waals surface area (Å²) in [5.41, 5.74) is 2.59. The summed E-state index contributed by atoms with van der Waals surface area (Å²) in [4.78, 5) is 18.8. The molecule has 0 saturated carbocycles. The number of fused-ring (bicyclic) bond motifs is 1. The molecule has 5 nitrogen and oxygen atoms in total. The lowest BCUT2D eigenvalue weighted by Crippen LogP contribution is -2.41. The Bertz CT molecular complexity index is 967. The predicted octanol–water partition coefficient (Wildman–Crippen LogP) is 3.42. The fourth-order valence-electron chi connectivity index (χ4n) is 2.85. The maximum absolute atomic E-state index is 12.6. The van der Waals surface area contributed by atoms with Gasteiger partial charge in [0.2, 0.25) is 0 Å². The van der Waals surface area contributed by atoms with E-state index >= 15 is 0 Å². The van der Waals surface area contributed by atoms with Crippen LogP contribution in [0.3, 0.4) is 0 Å². The third-order valence-corrected chi connectivity index (χ3v) is 5.50. The smallest absolute Gasteiger partial charge is 0.253 e. The van der Waals surface area contributed by atoms with Crippen LogP contribution >= 0.6 is 23.6 Å². The minimum Gasteiger partial charge on any atom is -0.383 e. The minimum atomic E-state index is -0.0797. The molecule has 0 aliphatic rings. The van der Waals surface area contributed by atoms with Gasteiger partial charge in [0, 0.05) is 29.6 Å². The summed E-state index contributed by atoms with van der Waals surface area (Å²) in [6, 6.07) is 12.1. The number of benzene rings is 1. The number of methoxy groups -OCH3 is 1. The molecule has 0 saturated heterocycles. The van der Waals surface area contributed by atoms with E-state index < -0.39 is 0 Å². The van der Waals surface area contributed by atoms with Gasteiger partial charge in [-0.15, -0.1) is 11.3 Å². The Balaban J connectivity index is 1.85. The zero-order valence-electron chi connectivity index (χ0n) is 15.5. The van der Waals surface area contributed by atoms with Gasteiger partial charge >= 0.3 is 0 Å². The summed E-state index contributed by atoms with van der Waals surface area (Å²) in [5, 5.41) is 6.88. The number of pyridine rings is 1. The molecule has 0 fully saturated rings. The first-order valence-electron chi connectivity index (χ1n) is 8.73. The van der Waals surface area contributed by atoms with E-state index in [0.717, 1.165) is 16.5 Å². The second kappa shape index (κ2) is 9.12. The third-order valence-electron chi connectivity index (χ3n) is 4.24. The highest BCUT2D eigenvalue weighted by Crippen LogP contribution is 2.17. The first kappa shape index (κ1) is 19.5. The number of hydrogen-bond donors (Lipinski definition) is 2. The molecule has 0 atom stereocenters. The van der Waals surface area contributed by atoms with E-state index in [4.69, 9.17) is 17.0 Å². The molecule has 0 aliphatic heterocycles. The van der Waals surface area contributed by atoms with Crippen molar-refractivity contribution in [3.63, 3.8) is 0 Å². The Morgan fingerprint density at radius 1 is 1.30 bits per heavy atom. The zero-order chi connectivity index (χ0) is 19.2. The standard InChI is InChI=1S/C20H23N3O2S2/c1-14-5-6-15-11-16(19(24)22-18(15)10-14)12-23(13-17-4-3-9-27-17)20(26)21-7-8-25-2/h3-6,9-11H,7-8,12-13H2,1-2H3,(H,21,26)(H,22,24). The van der Waals surface area contributed by atoms with E-state index in [0.29, 0.717) is 36.9 Å². The van der Waals surface area contributed by atoms with E-state index in [1.807, 2.05) is 47.5 Å². The number of hydrogen-bond acceptors (Lipinski definition) is 4. The van der Waals surface area contributed by atoms with Gasteiger partial charge in [0.15, 0.2) is 5.11 Å². The van der Waals surface area contributed by atoms with Crippen LogP contribution in [0.5, 0.6) is 0 Å². The molecule has 0 spiro atoms. The summed E-state index contributed by atoms with van der Waals surface area (Å²) in [6.45, 7) is 4.31. The monoisotopic (exact) mass is 401 g/mol. The number of ether oxygens (including phenoxy) is 1. The maximum atomic E-state index is 12.6. The van der Waals surface area contributed by atoms with Crippen molar-refractivity contribution in [3.05, 3.63) is 68.1 Å². The van der Waals surface area contributed by atoms with Gasteiger partial charge in [0.1, 0.15) is 0 Å². The molecule has 3 aromatic rings. The van der Waals surface area contributed by atoms with Crippen molar-refractivity contribution in [2.24, 2.45) is 0 Å². The molecule has 27 heavy (non-hydrogen) atoms. The van der Waals surface area contributed by atoms with Crippen molar-refractivity contribution in [2.75, 3.05) is 20.3 Å². The second-order valence-corrected chi connectivity index (χ2v) is 7.79. The number of thiophene rings is 1. The van der Waals surface area contributed by atoms with Gasteiger partial charge in [0.05, 0.1) is 19.7 Å². The van der Waals surface area contributed by atoms with Gasteiger partial charge in [-0.3, -0.25) is 4.79 Å². The van der Waals surface area contributed by atoms with Crippen molar-refractivity contribution in [1.82, 2.24) is 15.2 Å². The molecule has 0 aliphatic carbocycles. The summed E-state index contributed by atoms with van der Waals surface area (Å²) in [7, 11) is 1.66. The number of aryl methyl sites for hydroxylation is 1. The largest absolute Gasteiger partial charge is 0.383 e. The lowest BCUT2D eigenvalue weighted by atomic mass is 10.1. The average Bonchev–Trinajstić information content (AvgIpc) is 3.15. The number of nitrogens with zero attached hydrogens (tertiary/aromatic N) is 1. The topological polar surface area (TPSA) is 57.4 Å². The van der Waals surface area contributed by atoms with Gasteiger partial charge in [-0.05, 0) is 53.7 Å². The molecule has 3 rings (SSSR count). The number of nitrogens with one attached hydrogen (secondary N) is 2. The highest BCUT2D eigenvalue weighted by atomic mass is 32.1. The van der Waals surface area contributed by atoms with Crippen molar-refractivity contribution in [3.8, 4) is 0 Å². The minimum absolute atomic E-state index is 0.0797. The van der Waals surface area contributed by atoms with Crippen LogP contribution in [0, 0.1) is 6.92 Å². The Kier molecular flexibility index (Phi) is 6.60. The summed E-state index contributed by atoms with van der Waals surface area (Å²) >= 11 is 7.25. The summed E-state index contributed by atoms with van der Waals surface area (Å²) < 4.78 is 5.08. The van der Waals surface area contributed by atoms with Crippen LogP contribution in [-0.2, 0) is 17.8 Å². The third kappa shape index (κ3) is 5.15. The van der Waals surface area contributed by atoms with Crippen LogP contribution in [0.15, 0.2) is 46.6 Å². The molecule has 1 aromatic carbocycles. The van der Waals surface area contributed by atoms with E-state index in [1.165, 1.54) is 4.88 Å². The van der Waals surface area contributed by atoms with Crippen LogP contribution < -0.4 is 10.9 Å².